The minimum Gasteiger partial charge on any atom is -0.475 e. The second-order valence-electron chi connectivity index (χ2n) is 9.39. The Balaban J connectivity index is 2.01. The highest BCUT2D eigenvalue weighted by Crippen LogP contribution is 2.37. The number of nitrogens with zero attached hydrogens (tertiary/aromatic N) is 4. The molecule has 0 aliphatic carbocycles. The molecule has 0 radical (unpaired) electrons. The highest BCUT2D eigenvalue weighted by Gasteiger charge is 2.35. The minimum atomic E-state index is -0.473. The molecule has 2 aliphatic heterocycles. The van der Waals surface area contributed by atoms with E-state index in [2.05, 4.69) is 0 Å². The topological polar surface area (TPSA) is 129 Å². The van der Waals surface area contributed by atoms with Gasteiger partial charge >= 0.3 is 0 Å². The van der Waals surface area contributed by atoms with E-state index >= 15 is 0 Å². The third kappa shape index (κ3) is 4.66. The molecule has 2 aliphatic rings. The van der Waals surface area contributed by atoms with E-state index in [1.165, 1.54) is 24.3 Å². The van der Waals surface area contributed by atoms with E-state index in [0.717, 1.165) is 0 Å². The predicted molar refractivity (Wildman–Crippen MR) is 128 cm³/mol. The molecule has 176 valence electrons. The number of hydrogen-bond acceptors (Lipinski definition) is 8. The Morgan fingerprint density at radius 2 is 1.03 bits per heavy atom. The first-order chi connectivity index (χ1) is 16.0. The Hall–Kier alpha value is -4.08. The summed E-state index contributed by atoms with van der Waals surface area (Å²) in [6, 6.07) is 12.1. The third-order valence-electron chi connectivity index (χ3n) is 5.34. The number of benzene rings is 2. The Kier molecular flexibility index (Phi) is 5.68. The van der Waals surface area contributed by atoms with Crippen molar-refractivity contribution in [3.63, 3.8) is 0 Å². The summed E-state index contributed by atoms with van der Waals surface area (Å²) in [7, 11) is 0. The van der Waals surface area contributed by atoms with Crippen LogP contribution in [0.15, 0.2) is 58.5 Å². The number of ether oxygens (including phenoxy) is 2. The van der Waals surface area contributed by atoms with E-state index in [1.807, 2.05) is 27.7 Å². The monoisotopic (exact) mass is 464 g/mol. The minimum absolute atomic E-state index is 0.0508. The molecule has 0 fully saturated rings. The fraction of sp³-hybridized carbons (Fsp3) is 0.333. The highest BCUT2D eigenvalue weighted by molar-refractivity contribution is 6.40. The fourth-order valence-electron chi connectivity index (χ4n) is 3.67. The molecule has 0 aromatic heterocycles. The Morgan fingerprint density at radius 3 is 1.26 bits per heavy atom. The van der Waals surface area contributed by atoms with Crippen molar-refractivity contribution in [3.8, 4) is 0 Å². The van der Waals surface area contributed by atoms with E-state index in [1.54, 1.807) is 24.3 Å². The number of aliphatic imine (C=N–C) groups is 2. The van der Waals surface area contributed by atoms with Gasteiger partial charge < -0.3 is 9.47 Å². The van der Waals surface area contributed by atoms with Crippen LogP contribution in [0.5, 0.6) is 0 Å². The van der Waals surface area contributed by atoms with Crippen LogP contribution >= 0.6 is 0 Å². The molecule has 0 saturated heterocycles. The summed E-state index contributed by atoms with van der Waals surface area (Å²) in [6.07, 6.45) is 0. The number of non-ortho nitro benzene ring substituents is 2. The largest absolute Gasteiger partial charge is 0.475 e. The van der Waals surface area contributed by atoms with Crippen LogP contribution in [-0.2, 0) is 9.47 Å². The lowest BCUT2D eigenvalue weighted by molar-refractivity contribution is -0.385. The van der Waals surface area contributed by atoms with Crippen molar-refractivity contribution in [2.24, 2.45) is 9.98 Å². The van der Waals surface area contributed by atoms with Crippen LogP contribution in [0.4, 0.5) is 11.4 Å². The van der Waals surface area contributed by atoms with Gasteiger partial charge in [0.25, 0.3) is 11.4 Å². The van der Waals surface area contributed by atoms with Crippen molar-refractivity contribution < 1.29 is 19.3 Å². The van der Waals surface area contributed by atoms with Crippen LogP contribution in [0.3, 0.4) is 0 Å². The molecule has 0 atom stereocenters. The molecule has 0 amide bonds. The Morgan fingerprint density at radius 1 is 0.706 bits per heavy atom. The van der Waals surface area contributed by atoms with E-state index in [9.17, 15) is 20.2 Å². The van der Waals surface area contributed by atoms with Gasteiger partial charge in [0, 0.05) is 24.3 Å². The normalized spacial score (nSPS) is 18.8. The Labute approximate surface area is 195 Å². The van der Waals surface area contributed by atoms with Crippen molar-refractivity contribution in [2.75, 3.05) is 13.2 Å². The van der Waals surface area contributed by atoms with E-state index in [-0.39, 0.29) is 11.4 Å². The van der Waals surface area contributed by atoms with E-state index in [0.29, 0.717) is 47.3 Å². The van der Waals surface area contributed by atoms with Crippen LogP contribution in [0.1, 0.15) is 38.8 Å². The van der Waals surface area contributed by atoms with Crippen molar-refractivity contribution in [1.82, 2.24) is 0 Å². The summed E-state index contributed by atoms with van der Waals surface area (Å²) in [4.78, 5) is 30.9. The molecule has 10 heteroatoms. The summed E-state index contributed by atoms with van der Waals surface area (Å²) in [5.74, 6) is 0.700. The first kappa shape index (κ1) is 23.1. The van der Waals surface area contributed by atoms with Gasteiger partial charge in [-0.3, -0.25) is 20.2 Å². The average molecular weight is 464 g/mol. The molecule has 0 unspecified atom stereocenters. The standard InChI is InChI=1S/C24H24N4O6/c1-23(2)13-33-21(25-23)19(15-5-9-17(10-6-15)27(29)30)20(22-26-24(3,4)14-34-22)16-7-11-18(12-8-16)28(31)32/h5-12H,13-14H2,1-4H3/b20-19-. The van der Waals surface area contributed by atoms with Gasteiger partial charge in [0.2, 0.25) is 11.8 Å². The van der Waals surface area contributed by atoms with Crippen LogP contribution in [0.25, 0.3) is 11.1 Å². The third-order valence-corrected chi connectivity index (χ3v) is 5.34. The summed E-state index contributed by atoms with van der Waals surface area (Å²) >= 11 is 0. The smallest absolute Gasteiger partial charge is 0.269 e. The first-order valence-corrected chi connectivity index (χ1v) is 10.7. The lowest BCUT2D eigenvalue weighted by Crippen LogP contribution is -2.17. The molecule has 0 spiro atoms. The van der Waals surface area contributed by atoms with Crippen LogP contribution in [0, 0.1) is 20.2 Å². The quantitative estimate of drug-likeness (QED) is 0.342. The average Bonchev–Trinajstić information content (AvgIpc) is 3.32. The van der Waals surface area contributed by atoms with Gasteiger partial charge in [0.15, 0.2) is 0 Å². The van der Waals surface area contributed by atoms with Gasteiger partial charge in [0.05, 0.1) is 32.1 Å². The summed E-state index contributed by atoms with van der Waals surface area (Å²) < 4.78 is 12.0. The van der Waals surface area contributed by atoms with Gasteiger partial charge in [0.1, 0.15) is 13.2 Å². The lowest BCUT2D eigenvalue weighted by Gasteiger charge is -2.16. The molecule has 2 aromatic carbocycles. The second-order valence-corrected chi connectivity index (χ2v) is 9.39. The number of nitro benzene ring substituents is 2. The fourth-order valence-corrected chi connectivity index (χ4v) is 3.67. The zero-order valence-electron chi connectivity index (χ0n) is 19.3. The SMILES string of the molecule is CC1(C)COC(/C(=C(\C2=NC(C)(C)CO2)c2ccc([N+](=O)[O-])cc2)c2ccc([N+](=O)[O-])cc2)=N1. The van der Waals surface area contributed by atoms with Crippen molar-refractivity contribution >= 4 is 34.3 Å². The van der Waals surface area contributed by atoms with Gasteiger partial charge in [-0.05, 0) is 63.1 Å². The van der Waals surface area contributed by atoms with Gasteiger partial charge in [-0.1, -0.05) is 0 Å². The lowest BCUT2D eigenvalue weighted by atomic mass is 9.93. The van der Waals surface area contributed by atoms with E-state index in [4.69, 9.17) is 19.5 Å². The summed E-state index contributed by atoms with van der Waals surface area (Å²) in [6.45, 7) is 8.45. The van der Waals surface area contributed by atoms with Crippen molar-refractivity contribution in [3.05, 3.63) is 79.9 Å². The van der Waals surface area contributed by atoms with Gasteiger partial charge in [-0.15, -0.1) is 0 Å². The molecule has 0 N–H and O–H groups in total. The molecule has 0 saturated carbocycles. The zero-order valence-corrected chi connectivity index (χ0v) is 19.3. The predicted octanol–water partition coefficient (Wildman–Crippen LogP) is 4.83. The van der Waals surface area contributed by atoms with E-state index < -0.39 is 20.9 Å². The maximum Gasteiger partial charge on any atom is 0.269 e. The molecule has 2 heterocycles. The highest BCUT2D eigenvalue weighted by atomic mass is 16.6. The maximum absolute atomic E-state index is 11.2. The van der Waals surface area contributed by atoms with Crippen LogP contribution in [-0.4, -0.2) is 45.9 Å². The molecular formula is C24H24N4O6. The van der Waals surface area contributed by atoms with Gasteiger partial charge in [-0.2, -0.15) is 0 Å². The molecule has 2 aromatic rings. The van der Waals surface area contributed by atoms with Crippen molar-refractivity contribution in [2.45, 2.75) is 38.8 Å². The first-order valence-electron chi connectivity index (χ1n) is 10.7. The second kappa shape index (κ2) is 8.36. The summed E-state index contributed by atoms with van der Waals surface area (Å²) in [5.41, 5.74) is 1.28. The van der Waals surface area contributed by atoms with Crippen molar-refractivity contribution in [1.29, 1.82) is 0 Å². The van der Waals surface area contributed by atoms with Gasteiger partial charge in [-0.25, -0.2) is 9.98 Å². The zero-order chi connectivity index (χ0) is 24.7. The number of nitro groups is 2. The number of hydrogen-bond donors (Lipinski definition) is 0. The number of rotatable bonds is 6. The van der Waals surface area contributed by atoms with Crippen LogP contribution in [0.2, 0.25) is 0 Å². The Bertz CT molecular complexity index is 1140. The van der Waals surface area contributed by atoms with Crippen LogP contribution < -0.4 is 0 Å². The summed E-state index contributed by atoms with van der Waals surface area (Å²) in [5, 5.41) is 22.4. The molecule has 4 rings (SSSR count). The maximum atomic E-state index is 11.2. The molecule has 0 bridgehead atoms. The molecule has 34 heavy (non-hydrogen) atoms. The molecule has 10 nitrogen and oxygen atoms in total. The molecular weight excluding hydrogens is 440 g/mol.